The molecule has 0 aliphatic carbocycles. The Labute approximate surface area is 82.3 Å². The summed E-state index contributed by atoms with van der Waals surface area (Å²) >= 11 is 0. The highest BCUT2D eigenvalue weighted by molar-refractivity contribution is 5.70. The molecule has 1 atom stereocenters. The Hall–Kier alpha value is -1.55. The number of methoxy groups -OCH3 is 1. The van der Waals surface area contributed by atoms with Gasteiger partial charge in [-0.15, -0.1) is 0 Å². The third kappa shape index (κ3) is 2.74. The summed E-state index contributed by atoms with van der Waals surface area (Å²) in [6.45, 7) is 0. The minimum atomic E-state index is -0.386. The number of ether oxygens (including phenoxy) is 1. The standard InChI is InChI=1S/C10H13NO3/c1-14-10(13)6-9(11)7-2-4-8(12)5-3-7/h2-5,9,12H,6,11H2,1H3/t9-/m1/s1. The predicted octanol–water partition coefficient (Wildman–Crippen LogP) is 0.955. The lowest BCUT2D eigenvalue weighted by molar-refractivity contribution is -0.141. The molecule has 0 saturated carbocycles. The molecular weight excluding hydrogens is 182 g/mol. The molecule has 0 bridgehead atoms. The van der Waals surface area contributed by atoms with E-state index in [2.05, 4.69) is 4.74 Å². The third-order valence-corrected chi connectivity index (χ3v) is 1.94. The number of hydrogen-bond donors (Lipinski definition) is 2. The zero-order valence-electron chi connectivity index (χ0n) is 7.93. The molecule has 0 amide bonds. The van der Waals surface area contributed by atoms with Crippen LogP contribution in [-0.2, 0) is 9.53 Å². The van der Waals surface area contributed by atoms with Gasteiger partial charge >= 0.3 is 5.97 Å². The van der Waals surface area contributed by atoms with E-state index < -0.39 is 0 Å². The van der Waals surface area contributed by atoms with Gasteiger partial charge in [-0.1, -0.05) is 12.1 Å². The second kappa shape index (κ2) is 4.62. The largest absolute Gasteiger partial charge is 0.508 e. The molecule has 76 valence electrons. The van der Waals surface area contributed by atoms with Gasteiger partial charge in [-0.3, -0.25) is 4.79 Å². The summed E-state index contributed by atoms with van der Waals surface area (Å²) in [6, 6.07) is 6.05. The van der Waals surface area contributed by atoms with Gasteiger partial charge in [-0.2, -0.15) is 0 Å². The molecular formula is C10H13NO3. The first-order valence-electron chi connectivity index (χ1n) is 4.25. The molecule has 3 N–H and O–H groups in total. The van der Waals surface area contributed by atoms with Crippen molar-refractivity contribution in [1.82, 2.24) is 0 Å². The molecule has 4 heteroatoms. The van der Waals surface area contributed by atoms with E-state index in [-0.39, 0.29) is 24.2 Å². The maximum Gasteiger partial charge on any atom is 0.307 e. The fraction of sp³-hybridized carbons (Fsp3) is 0.300. The van der Waals surface area contributed by atoms with Crippen LogP contribution in [0.4, 0.5) is 0 Å². The molecule has 0 unspecified atom stereocenters. The highest BCUT2D eigenvalue weighted by Gasteiger charge is 2.11. The minimum Gasteiger partial charge on any atom is -0.508 e. The lowest BCUT2D eigenvalue weighted by Crippen LogP contribution is -2.16. The number of nitrogens with two attached hydrogens (primary N) is 1. The number of esters is 1. The van der Waals surface area contributed by atoms with Crippen LogP contribution in [0.15, 0.2) is 24.3 Å². The van der Waals surface area contributed by atoms with Crippen molar-refractivity contribution in [2.75, 3.05) is 7.11 Å². The Morgan fingerprint density at radius 1 is 1.50 bits per heavy atom. The maximum absolute atomic E-state index is 10.9. The first-order chi connectivity index (χ1) is 6.63. The molecule has 0 aliphatic heterocycles. The van der Waals surface area contributed by atoms with Crippen molar-refractivity contribution in [3.63, 3.8) is 0 Å². The van der Waals surface area contributed by atoms with Crippen LogP contribution < -0.4 is 5.73 Å². The molecule has 14 heavy (non-hydrogen) atoms. The van der Waals surface area contributed by atoms with Gasteiger partial charge in [0.15, 0.2) is 0 Å². The molecule has 1 aromatic carbocycles. The first-order valence-corrected chi connectivity index (χ1v) is 4.25. The smallest absolute Gasteiger partial charge is 0.307 e. The average Bonchev–Trinajstić information content (AvgIpc) is 2.18. The molecule has 0 fully saturated rings. The Kier molecular flexibility index (Phi) is 3.48. The number of benzene rings is 1. The second-order valence-corrected chi connectivity index (χ2v) is 2.98. The molecule has 1 rings (SSSR count). The molecule has 4 nitrogen and oxygen atoms in total. The van der Waals surface area contributed by atoms with Crippen LogP contribution in [-0.4, -0.2) is 18.2 Å². The second-order valence-electron chi connectivity index (χ2n) is 2.98. The van der Waals surface area contributed by atoms with Crippen molar-refractivity contribution in [2.24, 2.45) is 5.73 Å². The number of aromatic hydroxyl groups is 1. The Morgan fingerprint density at radius 2 is 2.07 bits per heavy atom. The molecule has 0 saturated heterocycles. The van der Waals surface area contributed by atoms with E-state index in [9.17, 15) is 4.79 Å². The quantitative estimate of drug-likeness (QED) is 0.704. The Morgan fingerprint density at radius 3 is 2.57 bits per heavy atom. The Bertz CT molecular complexity index is 308. The molecule has 0 radical (unpaired) electrons. The lowest BCUT2D eigenvalue weighted by Gasteiger charge is -2.10. The van der Waals surface area contributed by atoms with Crippen molar-refractivity contribution in [1.29, 1.82) is 0 Å². The SMILES string of the molecule is COC(=O)C[C@@H](N)c1ccc(O)cc1. The molecule has 0 spiro atoms. The van der Waals surface area contributed by atoms with Gasteiger partial charge in [-0.05, 0) is 17.7 Å². The van der Waals surface area contributed by atoms with E-state index >= 15 is 0 Å². The first kappa shape index (κ1) is 10.5. The summed E-state index contributed by atoms with van der Waals surface area (Å²) in [5, 5.41) is 9.03. The van der Waals surface area contributed by atoms with Gasteiger partial charge in [0.2, 0.25) is 0 Å². The fourth-order valence-corrected chi connectivity index (χ4v) is 1.10. The van der Waals surface area contributed by atoms with Gasteiger partial charge < -0.3 is 15.6 Å². The van der Waals surface area contributed by atoms with Crippen LogP contribution in [0.25, 0.3) is 0 Å². The van der Waals surface area contributed by atoms with Gasteiger partial charge in [0.25, 0.3) is 0 Å². The van der Waals surface area contributed by atoms with Crippen LogP contribution in [0.3, 0.4) is 0 Å². The van der Waals surface area contributed by atoms with Crippen molar-refractivity contribution >= 4 is 5.97 Å². The van der Waals surface area contributed by atoms with Crippen LogP contribution in [0, 0.1) is 0 Å². The molecule has 1 aromatic rings. The van der Waals surface area contributed by atoms with E-state index in [1.54, 1.807) is 12.1 Å². The zero-order chi connectivity index (χ0) is 10.6. The predicted molar refractivity (Wildman–Crippen MR) is 51.7 cm³/mol. The number of phenols is 1. The van der Waals surface area contributed by atoms with E-state index in [0.29, 0.717) is 0 Å². The zero-order valence-corrected chi connectivity index (χ0v) is 7.93. The summed E-state index contributed by atoms with van der Waals surface area (Å²) in [5.74, 6) is -0.162. The van der Waals surface area contributed by atoms with Crippen LogP contribution in [0.5, 0.6) is 5.75 Å². The number of hydrogen-bond acceptors (Lipinski definition) is 4. The normalized spacial score (nSPS) is 12.1. The number of carbonyl (C=O) groups is 1. The number of carbonyl (C=O) groups excluding carboxylic acids is 1. The van der Waals surface area contributed by atoms with Gasteiger partial charge in [0.1, 0.15) is 5.75 Å². The van der Waals surface area contributed by atoms with E-state index in [1.807, 2.05) is 0 Å². The topological polar surface area (TPSA) is 72.5 Å². The van der Waals surface area contributed by atoms with Crippen molar-refractivity contribution < 1.29 is 14.6 Å². The summed E-state index contributed by atoms with van der Waals surface area (Å²) in [7, 11) is 1.33. The number of rotatable bonds is 3. The lowest BCUT2D eigenvalue weighted by atomic mass is 10.1. The summed E-state index contributed by atoms with van der Waals surface area (Å²) in [4.78, 5) is 10.9. The molecule has 0 heterocycles. The summed E-state index contributed by atoms with van der Waals surface area (Å²) < 4.78 is 4.50. The van der Waals surface area contributed by atoms with Crippen molar-refractivity contribution in [2.45, 2.75) is 12.5 Å². The molecule has 0 aliphatic rings. The summed E-state index contributed by atoms with van der Waals surface area (Å²) in [5.41, 5.74) is 6.54. The highest BCUT2D eigenvalue weighted by atomic mass is 16.5. The van der Waals surface area contributed by atoms with Crippen molar-refractivity contribution in [3.8, 4) is 5.75 Å². The van der Waals surface area contributed by atoms with E-state index in [0.717, 1.165) is 5.56 Å². The monoisotopic (exact) mass is 195 g/mol. The van der Waals surface area contributed by atoms with Crippen LogP contribution >= 0.6 is 0 Å². The molecule has 0 aromatic heterocycles. The van der Waals surface area contributed by atoms with E-state index in [4.69, 9.17) is 10.8 Å². The maximum atomic E-state index is 10.9. The summed E-state index contributed by atoms with van der Waals surface area (Å²) in [6.07, 6.45) is 0.140. The van der Waals surface area contributed by atoms with Crippen LogP contribution in [0.1, 0.15) is 18.0 Å². The fourth-order valence-electron chi connectivity index (χ4n) is 1.10. The van der Waals surface area contributed by atoms with Crippen molar-refractivity contribution in [3.05, 3.63) is 29.8 Å². The number of phenolic OH excluding ortho intramolecular Hbond substituents is 1. The van der Waals surface area contributed by atoms with Gasteiger partial charge in [0.05, 0.1) is 13.5 Å². The third-order valence-electron chi connectivity index (χ3n) is 1.94. The Balaban J connectivity index is 2.65. The highest BCUT2D eigenvalue weighted by Crippen LogP contribution is 2.17. The van der Waals surface area contributed by atoms with E-state index in [1.165, 1.54) is 19.2 Å². The van der Waals surface area contributed by atoms with Crippen LogP contribution in [0.2, 0.25) is 0 Å². The average molecular weight is 195 g/mol. The van der Waals surface area contributed by atoms with Gasteiger partial charge in [-0.25, -0.2) is 0 Å². The minimum absolute atomic E-state index is 0.140. The van der Waals surface area contributed by atoms with Gasteiger partial charge in [0, 0.05) is 6.04 Å².